The van der Waals surface area contributed by atoms with Gasteiger partial charge in [0.05, 0.1) is 11.4 Å². The van der Waals surface area contributed by atoms with E-state index in [1.165, 1.54) is 25.7 Å². The number of alkyl halides is 3. The standard InChI is InChI=1S/C23H22F4N8/c1-13(14(8-28)9-31-18-6-4-3-5-17(18)24)19-7-16(20(35-19)21(29)34-12-30-2)15-10-32-22(33-11-15)23(25,26)27/h3-13,28,31,35H,1-2H3,(H2,29,30,34)/b14-9+,28-8?. The molecule has 0 saturated carbocycles. The Kier molecular flexibility index (Phi) is 7.74. The molecule has 0 aliphatic rings. The van der Waals surface area contributed by atoms with E-state index in [2.05, 4.69) is 30.3 Å². The zero-order chi connectivity index (χ0) is 25.6. The Labute approximate surface area is 198 Å². The van der Waals surface area contributed by atoms with Crippen molar-refractivity contribution in [2.24, 2.45) is 15.7 Å². The van der Waals surface area contributed by atoms with E-state index in [1.807, 2.05) is 0 Å². The van der Waals surface area contributed by atoms with Crippen LogP contribution in [0.4, 0.5) is 23.2 Å². The number of hydrogen-bond acceptors (Lipinski definition) is 5. The minimum Gasteiger partial charge on any atom is -0.382 e. The van der Waals surface area contributed by atoms with Crippen molar-refractivity contribution in [1.82, 2.24) is 15.0 Å². The molecular formula is C23H22F4N8. The maximum Gasteiger partial charge on any atom is 0.451 e. The summed E-state index contributed by atoms with van der Waals surface area (Å²) in [7, 11) is 1.51. The molecule has 8 nitrogen and oxygen atoms in total. The maximum absolute atomic E-state index is 13.9. The molecule has 35 heavy (non-hydrogen) atoms. The van der Waals surface area contributed by atoms with Crippen molar-refractivity contribution in [1.29, 1.82) is 5.41 Å². The second-order valence-corrected chi connectivity index (χ2v) is 7.33. The molecule has 182 valence electrons. The van der Waals surface area contributed by atoms with Gasteiger partial charge in [0.25, 0.3) is 0 Å². The second kappa shape index (κ2) is 10.7. The summed E-state index contributed by atoms with van der Waals surface area (Å²) in [6, 6.07) is 7.76. The second-order valence-electron chi connectivity index (χ2n) is 7.33. The first-order chi connectivity index (χ1) is 16.7. The van der Waals surface area contributed by atoms with Crippen LogP contribution in [0.3, 0.4) is 0 Å². The molecule has 0 aliphatic carbocycles. The molecular weight excluding hydrogens is 464 g/mol. The lowest BCUT2D eigenvalue weighted by Crippen LogP contribution is -2.16. The van der Waals surface area contributed by atoms with Crippen LogP contribution in [0.25, 0.3) is 11.1 Å². The molecule has 5 N–H and O–H groups in total. The van der Waals surface area contributed by atoms with Gasteiger partial charge in [-0.25, -0.2) is 19.4 Å². The van der Waals surface area contributed by atoms with Crippen LogP contribution >= 0.6 is 0 Å². The molecule has 0 saturated heterocycles. The molecule has 1 atom stereocenters. The number of para-hydroxylation sites is 1. The van der Waals surface area contributed by atoms with Crippen LogP contribution in [0.2, 0.25) is 0 Å². The van der Waals surface area contributed by atoms with E-state index in [9.17, 15) is 17.6 Å². The number of aromatic nitrogens is 3. The van der Waals surface area contributed by atoms with Gasteiger partial charge in [-0.1, -0.05) is 19.1 Å². The van der Waals surface area contributed by atoms with E-state index in [0.717, 1.165) is 18.6 Å². The quantitative estimate of drug-likeness (QED) is 0.208. The largest absolute Gasteiger partial charge is 0.451 e. The molecule has 0 amide bonds. The van der Waals surface area contributed by atoms with Crippen LogP contribution in [0.1, 0.15) is 30.1 Å². The number of nitrogens with one attached hydrogen (secondary N) is 3. The number of nitrogens with two attached hydrogens (primary N) is 1. The van der Waals surface area contributed by atoms with Gasteiger partial charge >= 0.3 is 6.18 Å². The van der Waals surface area contributed by atoms with Crippen LogP contribution < -0.4 is 11.1 Å². The Morgan fingerprint density at radius 3 is 2.51 bits per heavy atom. The van der Waals surface area contributed by atoms with Gasteiger partial charge in [-0.05, 0) is 23.8 Å². The molecule has 12 heteroatoms. The summed E-state index contributed by atoms with van der Waals surface area (Å²) in [5.74, 6) is -2.09. The van der Waals surface area contributed by atoms with E-state index >= 15 is 0 Å². The number of amidine groups is 1. The highest BCUT2D eigenvalue weighted by molar-refractivity contribution is 6.05. The van der Waals surface area contributed by atoms with Gasteiger partial charge in [0, 0.05) is 54.6 Å². The third-order valence-electron chi connectivity index (χ3n) is 5.02. The Balaban J connectivity index is 2.02. The van der Waals surface area contributed by atoms with E-state index < -0.39 is 23.7 Å². The summed E-state index contributed by atoms with van der Waals surface area (Å²) < 4.78 is 52.6. The lowest BCUT2D eigenvalue weighted by molar-refractivity contribution is -0.144. The number of H-pyrrole nitrogens is 1. The number of benzene rings is 1. The van der Waals surface area contributed by atoms with Crippen molar-refractivity contribution in [2.75, 3.05) is 12.4 Å². The summed E-state index contributed by atoms with van der Waals surface area (Å²) in [5, 5.41) is 10.7. The number of anilines is 1. The predicted molar refractivity (Wildman–Crippen MR) is 127 cm³/mol. The van der Waals surface area contributed by atoms with Crippen molar-refractivity contribution in [2.45, 2.75) is 19.0 Å². The van der Waals surface area contributed by atoms with E-state index in [1.54, 1.807) is 31.2 Å². The summed E-state index contributed by atoms with van der Waals surface area (Å²) in [6.07, 6.45) is 1.26. The average molecular weight is 486 g/mol. The fourth-order valence-electron chi connectivity index (χ4n) is 3.15. The minimum absolute atomic E-state index is 0.0359. The van der Waals surface area contributed by atoms with Crippen LogP contribution in [0, 0.1) is 11.2 Å². The average Bonchev–Trinajstić information content (AvgIpc) is 3.29. The summed E-state index contributed by atoms with van der Waals surface area (Å²) in [6.45, 7) is 1.80. The third kappa shape index (κ3) is 5.96. The number of aromatic amines is 1. The number of allylic oxidation sites excluding steroid dienone is 1. The van der Waals surface area contributed by atoms with Gasteiger partial charge in [-0.2, -0.15) is 13.2 Å². The number of halogens is 4. The van der Waals surface area contributed by atoms with Gasteiger partial charge in [0.2, 0.25) is 5.82 Å². The number of aliphatic imine (C=N–C) groups is 2. The summed E-state index contributed by atoms with van der Waals surface area (Å²) in [5.41, 5.74) is 8.40. The molecule has 0 fully saturated rings. The minimum atomic E-state index is -4.67. The van der Waals surface area contributed by atoms with Crippen molar-refractivity contribution in [3.8, 4) is 11.1 Å². The highest BCUT2D eigenvalue weighted by Crippen LogP contribution is 2.32. The molecule has 1 aromatic carbocycles. The highest BCUT2D eigenvalue weighted by atomic mass is 19.4. The topological polar surface area (TPSA) is 128 Å². The maximum atomic E-state index is 13.9. The first-order valence-electron chi connectivity index (χ1n) is 10.2. The summed E-state index contributed by atoms with van der Waals surface area (Å²) >= 11 is 0. The van der Waals surface area contributed by atoms with Crippen molar-refractivity contribution in [3.05, 3.63) is 77.5 Å². The Hall–Kier alpha value is -4.35. The molecule has 2 heterocycles. The Morgan fingerprint density at radius 1 is 1.23 bits per heavy atom. The van der Waals surface area contributed by atoms with Crippen molar-refractivity contribution in [3.63, 3.8) is 0 Å². The zero-order valence-corrected chi connectivity index (χ0v) is 18.7. The van der Waals surface area contributed by atoms with Crippen LogP contribution in [-0.4, -0.2) is 40.4 Å². The molecule has 3 aromatic rings. The van der Waals surface area contributed by atoms with Gasteiger partial charge in [0.15, 0.2) is 0 Å². The smallest absolute Gasteiger partial charge is 0.382 e. The third-order valence-corrected chi connectivity index (χ3v) is 5.02. The molecule has 1 unspecified atom stereocenters. The normalized spacial score (nSPS) is 13.8. The van der Waals surface area contributed by atoms with Crippen LogP contribution in [0.15, 0.2) is 64.5 Å². The lowest BCUT2D eigenvalue weighted by Gasteiger charge is -2.12. The summed E-state index contributed by atoms with van der Waals surface area (Å²) in [4.78, 5) is 17.7. The molecule has 3 rings (SSSR count). The zero-order valence-electron chi connectivity index (χ0n) is 18.7. The SMILES string of the molecule is C/N=C\N=C(\N)c1[nH]c(C(C)/C(C=N)=C/Nc2ccccc2F)cc1-c1cnc(C(F)(F)F)nc1. The Bertz CT molecular complexity index is 1270. The molecule has 0 radical (unpaired) electrons. The number of rotatable bonds is 8. The van der Waals surface area contributed by atoms with Gasteiger partial charge < -0.3 is 21.4 Å². The molecule has 0 bridgehead atoms. The monoisotopic (exact) mass is 486 g/mol. The van der Waals surface area contributed by atoms with Crippen LogP contribution in [0.5, 0.6) is 0 Å². The first-order valence-corrected chi connectivity index (χ1v) is 10.2. The molecule has 2 aromatic heterocycles. The van der Waals surface area contributed by atoms with Crippen LogP contribution in [-0.2, 0) is 6.18 Å². The molecule has 0 spiro atoms. The number of hydrogen-bond donors (Lipinski definition) is 4. The highest BCUT2D eigenvalue weighted by Gasteiger charge is 2.34. The fourth-order valence-corrected chi connectivity index (χ4v) is 3.15. The molecule has 0 aliphatic heterocycles. The van der Waals surface area contributed by atoms with Gasteiger partial charge in [-0.3, -0.25) is 4.99 Å². The van der Waals surface area contributed by atoms with E-state index in [0.29, 0.717) is 22.5 Å². The number of nitrogens with zero attached hydrogens (tertiary/aromatic N) is 4. The van der Waals surface area contributed by atoms with E-state index in [-0.39, 0.29) is 17.1 Å². The van der Waals surface area contributed by atoms with Gasteiger partial charge in [-0.15, -0.1) is 0 Å². The van der Waals surface area contributed by atoms with E-state index in [4.69, 9.17) is 11.1 Å². The first kappa shape index (κ1) is 25.3. The van der Waals surface area contributed by atoms with Crippen molar-refractivity contribution >= 4 is 24.1 Å². The fraction of sp³-hybridized carbons (Fsp3) is 0.174. The van der Waals surface area contributed by atoms with Crippen molar-refractivity contribution < 1.29 is 17.6 Å². The predicted octanol–water partition coefficient (Wildman–Crippen LogP) is 4.74. The Morgan fingerprint density at radius 2 is 1.91 bits per heavy atom. The van der Waals surface area contributed by atoms with Gasteiger partial charge in [0.1, 0.15) is 18.0 Å². The lowest BCUT2D eigenvalue weighted by atomic mass is 9.98.